The molecule has 1 aromatic heterocycles. The van der Waals surface area contributed by atoms with Gasteiger partial charge in [0, 0.05) is 19.7 Å². The molecule has 0 aliphatic heterocycles. The highest BCUT2D eigenvalue weighted by molar-refractivity contribution is 5.48. The van der Waals surface area contributed by atoms with Gasteiger partial charge in [-0.3, -0.25) is 0 Å². The molecule has 0 saturated carbocycles. The van der Waals surface area contributed by atoms with Crippen LogP contribution in [0, 0.1) is 5.92 Å². The molecule has 5 nitrogen and oxygen atoms in total. The number of hydrogen-bond donors (Lipinski definition) is 2. The van der Waals surface area contributed by atoms with Gasteiger partial charge in [0.2, 0.25) is 5.82 Å². The zero-order valence-electron chi connectivity index (χ0n) is 11.1. The van der Waals surface area contributed by atoms with Gasteiger partial charge in [-0.05, 0) is 12.3 Å². The molecule has 1 rings (SSSR count). The topological polar surface area (TPSA) is 67.1 Å². The van der Waals surface area contributed by atoms with Gasteiger partial charge >= 0.3 is 6.18 Å². The van der Waals surface area contributed by atoms with E-state index in [0.717, 1.165) is 6.42 Å². The zero-order valence-corrected chi connectivity index (χ0v) is 11.1. The second-order valence-electron chi connectivity index (χ2n) is 4.68. The molecule has 0 bridgehead atoms. The number of nitrogens with two attached hydrogens (primary N) is 1. The first-order valence-electron chi connectivity index (χ1n) is 5.88. The molecule has 3 N–H and O–H groups in total. The molecule has 19 heavy (non-hydrogen) atoms. The van der Waals surface area contributed by atoms with E-state index < -0.39 is 12.0 Å². The average molecular weight is 277 g/mol. The number of nitrogens with one attached hydrogen (secondary N) is 1. The number of nitrogens with zero attached hydrogens (tertiary/aromatic N) is 3. The molecule has 1 heterocycles. The molecule has 0 aromatic carbocycles. The summed E-state index contributed by atoms with van der Waals surface area (Å²) in [4.78, 5) is 8.48. The van der Waals surface area contributed by atoms with E-state index in [1.54, 1.807) is 11.9 Å². The molecular weight excluding hydrogens is 259 g/mol. The van der Waals surface area contributed by atoms with E-state index in [1.165, 1.54) is 6.07 Å². The van der Waals surface area contributed by atoms with E-state index in [9.17, 15) is 13.2 Å². The lowest BCUT2D eigenvalue weighted by atomic mass is 10.1. The Labute approximate surface area is 110 Å². The Hall–Kier alpha value is -1.57. The summed E-state index contributed by atoms with van der Waals surface area (Å²) in [6, 6.07) is 1.38. The van der Waals surface area contributed by atoms with Crippen LogP contribution in [0.2, 0.25) is 0 Å². The van der Waals surface area contributed by atoms with Crippen LogP contribution in [0.5, 0.6) is 0 Å². The minimum atomic E-state index is -4.60. The van der Waals surface area contributed by atoms with Gasteiger partial charge in [-0.15, -0.1) is 0 Å². The summed E-state index contributed by atoms with van der Waals surface area (Å²) in [5, 5.41) is 0. The lowest BCUT2D eigenvalue weighted by Gasteiger charge is -2.20. The lowest BCUT2D eigenvalue weighted by Crippen LogP contribution is -2.24. The van der Waals surface area contributed by atoms with Crippen molar-refractivity contribution in [2.24, 2.45) is 11.8 Å². The second-order valence-corrected chi connectivity index (χ2v) is 4.68. The summed E-state index contributed by atoms with van der Waals surface area (Å²) in [6.45, 7) is 4.69. The lowest BCUT2D eigenvalue weighted by molar-refractivity contribution is -0.144. The normalized spacial score (nSPS) is 11.8. The molecule has 0 aliphatic rings. The number of aromatic nitrogens is 2. The van der Waals surface area contributed by atoms with Gasteiger partial charge in [0.1, 0.15) is 11.6 Å². The number of halogens is 3. The van der Waals surface area contributed by atoms with E-state index >= 15 is 0 Å². The van der Waals surface area contributed by atoms with Crippen LogP contribution in [0.15, 0.2) is 6.07 Å². The Morgan fingerprint density at radius 2 is 2.00 bits per heavy atom. The highest BCUT2D eigenvalue weighted by atomic mass is 19.4. The predicted octanol–water partition coefficient (Wildman–Crippen LogP) is 2.26. The number of rotatable bonds is 5. The van der Waals surface area contributed by atoms with Gasteiger partial charge in [0.05, 0.1) is 0 Å². The van der Waals surface area contributed by atoms with Crippen molar-refractivity contribution in [1.82, 2.24) is 9.97 Å². The minimum absolute atomic E-state index is 0.0614. The fraction of sp³-hybridized carbons (Fsp3) is 0.636. The first-order valence-corrected chi connectivity index (χ1v) is 5.88. The van der Waals surface area contributed by atoms with Gasteiger partial charge in [-0.2, -0.15) is 13.2 Å². The second kappa shape index (κ2) is 6.05. The maximum absolute atomic E-state index is 12.6. The summed E-state index contributed by atoms with van der Waals surface area (Å²) in [5.41, 5.74) is 2.12. The highest BCUT2D eigenvalue weighted by Crippen LogP contribution is 2.28. The van der Waals surface area contributed by atoms with E-state index in [2.05, 4.69) is 15.4 Å². The van der Waals surface area contributed by atoms with Crippen molar-refractivity contribution in [3.8, 4) is 0 Å². The Morgan fingerprint density at radius 1 is 1.37 bits per heavy atom. The summed E-state index contributed by atoms with van der Waals surface area (Å²) < 4.78 is 37.9. The Kier molecular flexibility index (Phi) is 4.93. The van der Waals surface area contributed by atoms with Crippen molar-refractivity contribution in [2.75, 3.05) is 23.9 Å². The van der Waals surface area contributed by atoms with Crippen LogP contribution in [0.1, 0.15) is 26.1 Å². The first-order chi connectivity index (χ1) is 8.74. The number of nitrogen functional groups attached to an aromatic ring is 1. The SMILES string of the molecule is CC(C)CCN(C)c1cc(NN)nc(C(F)(F)F)n1. The molecule has 1 aromatic rings. The van der Waals surface area contributed by atoms with E-state index in [1.807, 2.05) is 13.8 Å². The summed E-state index contributed by atoms with van der Waals surface area (Å²) in [7, 11) is 1.69. The average Bonchev–Trinajstić information content (AvgIpc) is 2.34. The molecule has 0 saturated heterocycles. The Bertz CT molecular complexity index is 419. The monoisotopic (exact) mass is 277 g/mol. The van der Waals surface area contributed by atoms with Crippen LogP contribution >= 0.6 is 0 Å². The third-order valence-corrected chi connectivity index (χ3v) is 2.55. The van der Waals surface area contributed by atoms with Gasteiger partial charge in [0.15, 0.2) is 0 Å². The largest absolute Gasteiger partial charge is 0.451 e. The fourth-order valence-corrected chi connectivity index (χ4v) is 1.40. The van der Waals surface area contributed by atoms with Crippen molar-refractivity contribution < 1.29 is 13.2 Å². The Morgan fingerprint density at radius 3 is 2.47 bits per heavy atom. The van der Waals surface area contributed by atoms with Crippen molar-refractivity contribution in [3.63, 3.8) is 0 Å². The number of hydrogen-bond acceptors (Lipinski definition) is 5. The molecule has 0 fully saturated rings. The maximum atomic E-state index is 12.6. The summed E-state index contributed by atoms with van der Waals surface area (Å²) in [6.07, 6.45) is -3.74. The third-order valence-electron chi connectivity index (χ3n) is 2.55. The summed E-state index contributed by atoms with van der Waals surface area (Å²) in [5.74, 6) is 4.51. The molecular formula is C11H18F3N5. The maximum Gasteiger partial charge on any atom is 0.451 e. The van der Waals surface area contributed by atoms with E-state index in [0.29, 0.717) is 12.5 Å². The van der Waals surface area contributed by atoms with Gasteiger partial charge in [-0.1, -0.05) is 13.8 Å². The van der Waals surface area contributed by atoms with Crippen LogP contribution in [0.3, 0.4) is 0 Å². The Balaban J connectivity index is 2.99. The van der Waals surface area contributed by atoms with Gasteiger partial charge < -0.3 is 10.3 Å². The van der Waals surface area contributed by atoms with Crippen molar-refractivity contribution in [3.05, 3.63) is 11.9 Å². The highest BCUT2D eigenvalue weighted by Gasteiger charge is 2.35. The van der Waals surface area contributed by atoms with Crippen LogP contribution in [-0.2, 0) is 6.18 Å². The molecule has 8 heteroatoms. The van der Waals surface area contributed by atoms with Gasteiger partial charge in [0.25, 0.3) is 0 Å². The third kappa shape index (κ3) is 4.55. The molecule has 0 amide bonds. The van der Waals surface area contributed by atoms with Crippen molar-refractivity contribution in [1.29, 1.82) is 0 Å². The molecule has 108 valence electrons. The quantitative estimate of drug-likeness (QED) is 0.638. The van der Waals surface area contributed by atoms with E-state index in [4.69, 9.17) is 5.84 Å². The molecule has 0 aliphatic carbocycles. The number of anilines is 2. The predicted molar refractivity (Wildman–Crippen MR) is 67.6 cm³/mol. The zero-order chi connectivity index (χ0) is 14.6. The standard InChI is InChI=1S/C11H18F3N5/c1-7(2)4-5-19(3)9-6-8(18-15)16-10(17-9)11(12,13)14/h6-7H,4-5,15H2,1-3H3,(H,16,17,18). The number of hydrazine groups is 1. The molecule has 0 unspecified atom stereocenters. The minimum Gasteiger partial charge on any atom is -0.359 e. The van der Waals surface area contributed by atoms with Crippen LogP contribution in [0.25, 0.3) is 0 Å². The van der Waals surface area contributed by atoms with Crippen LogP contribution in [0.4, 0.5) is 24.8 Å². The van der Waals surface area contributed by atoms with Gasteiger partial charge in [-0.25, -0.2) is 15.8 Å². The first kappa shape index (κ1) is 15.5. The molecule has 0 atom stereocenters. The fourth-order valence-electron chi connectivity index (χ4n) is 1.40. The van der Waals surface area contributed by atoms with Crippen LogP contribution < -0.4 is 16.2 Å². The number of alkyl halides is 3. The van der Waals surface area contributed by atoms with Crippen molar-refractivity contribution >= 4 is 11.6 Å². The van der Waals surface area contributed by atoms with Crippen LogP contribution in [-0.4, -0.2) is 23.6 Å². The van der Waals surface area contributed by atoms with Crippen molar-refractivity contribution in [2.45, 2.75) is 26.4 Å². The van der Waals surface area contributed by atoms with E-state index in [-0.39, 0.29) is 11.6 Å². The smallest absolute Gasteiger partial charge is 0.359 e. The summed E-state index contributed by atoms with van der Waals surface area (Å²) >= 11 is 0. The molecule has 0 spiro atoms. The molecule has 0 radical (unpaired) electrons.